The first-order valence-electron chi connectivity index (χ1n) is 11.7. The van der Waals surface area contributed by atoms with Crippen LogP contribution in [0.3, 0.4) is 0 Å². The van der Waals surface area contributed by atoms with Crippen LogP contribution in [0.25, 0.3) is 11.3 Å². The topological polar surface area (TPSA) is 112 Å². The van der Waals surface area contributed by atoms with Gasteiger partial charge < -0.3 is 25.4 Å². The number of aromatic hydroxyl groups is 1. The second kappa shape index (κ2) is 11.4. The molecule has 0 saturated heterocycles. The van der Waals surface area contributed by atoms with Gasteiger partial charge in [-0.1, -0.05) is 23.7 Å². The fraction of sp³-hybridized carbons (Fsp3) is 0.222. The number of nitrogens with zero attached hydrogens (tertiary/aromatic N) is 3. The number of hydrogen-bond acceptors (Lipinski definition) is 6. The van der Waals surface area contributed by atoms with Crippen molar-refractivity contribution in [3.8, 4) is 17.0 Å². The summed E-state index contributed by atoms with van der Waals surface area (Å²) in [6.07, 6.45) is 3.57. The van der Waals surface area contributed by atoms with Crippen molar-refractivity contribution in [3.05, 3.63) is 88.6 Å². The summed E-state index contributed by atoms with van der Waals surface area (Å²) in [6.45, 7) is 4.07. The summed E-state index contributed by atoms with van der Waals surface area (Å²) < 4.78 is 15.3. The van der Waals surface area contributed by atoms with Crippen molar-refractivity contribution in [2.75, 3.05) is 18.5 Å². The molecule has 0 radical (unpaired) electrons. The third kappa shape index (κ3) is 6.25. The lowest BCUT2D eigenvalue weighted by Gasteiger charge is -2.18. The zero-order chi connectivity index (χ0) is 26.5. The summed E-state index contributed by atoms with van der Waals surface area (Å²) in [5, 5.41) is 26.7. The van der Waals surface area contributed by atoms with Crippen molar-refractivity contribution in [3.63, 3.8) is 0 Å². The Bertz CT molecular complexity index is 1430. The fourth-order valence-electron chi connectivity index (χ4n) is 4.12. The third-order valence-electron chi connectivity index (χ3n) is 5.90. The van der Waals surface area contributed by atoms with Gasteiger partial charge >= 0.3 is 0 Å². The number of aliphatic hydroxyl groups excluding tert-OH is 1. The molecule has 4 rings (SSSR count). The lowest BCUT2D eigenvalue weighted by Crippen LogP contribution is -2.25. The molecule has 0 aliphatic rings. The average molecular weight is 524 g/mol. The smallest absolute Gasteiger partial charge is 0.227 e. The molecule has 8 nitrogen and oxygen atoms in total. The van der Waals surface area contributed by atoms with E-state index in [9.17, 15) is 19.4 Å². The first-order valence-corrected chi connectivity index (χ1v) is 12.0. The fourth-order valence-corrected chi connectivity index (χ4v) is 4.32. The molecule has 192 valence electrons. The number of aliphatic hydroxyl groups is 1. The number of phenols is 1. The molecule has 0 saturated carbocycles. The van der Waals surface area contributed by atoms with Crippen LogP contribution in [-0.2, 0) is 11.3 Å². The van der Waals surface area contributed by atoms with E-state index in [1.165, 1.54) is 19.1 Å². The number of anilines is 2. The first kappa shape index (κ1) is 26.1. The first-order chi connectivity index (χ1) is 17.7. The standard InChI is InChI=1S/C27H27ClFN5O3/c1-16-13-31-27(32-23-7-6-21(29)12-25(23)37)33-26(16)19-11-24(34(14-19)9-8-30-17(2)36)22(15-35)18-4-3-5-20(28)10-18/h3-7,10-14,22,35,37H,8-9,15H2,1-2H3,(H,30,36)(H,31,32,33). The number of nitrogens with one attached hydrogen (secondary N) is 2. The molecule has 2 heterocycles. The molecule has 1 amide bonds. The Morgan fingerprint density at radius 2 is 2.03 bits per heavy atom. The summed E-state index contributed by atoms with van der Waals surface area (Å²) in [6, 6.07) is 12.9. The van der Waals surface area contributed by atoms with Gasteiger partial charge in [0.15, 0.2) is 0 Å². The van der Waals surface area contributed by atoms with Crippen LogP contribution in [-0.4, -0.2) is 43.8 Å². The highest BCUT2D eigenvalue weighted by molar-refractivity contribution is 6.30. The molecule has 2 aromatic carbocycles. The molecule has 4 aromatic rings. The minimum absolute atomic E-state index is 0.131. The Hall–Kier alpha value is -3.95. The maximum absolute atomic E-state index is 13.4. The molecule has 1 atom stereocenters. The van der Waals surface area contributed by atoms with E-state index in [1.54, 1.807) is 12.3 Å². The van der Waals surface area contributed by atoms with Gasteiger partial charge in [-0.2, -0.15) is 0 Å². The lowest BCUT2D eigenvalue weighted by atomic mass is 9.96. The molecule has 10 heteroatoms. The van der Waals surface area contributed by atoms with E-state index in [2.05, 4.69) is 20.6 Å². The summed E-state index contributed by atoms with van der Waals surface area (Å²) >= 11 is 6.22. The zero-order valence-corrected chi connectivity index (χ0v) is 21.1. The van der Waals surface area contributed by atoms with Crippen molar-refractivity contribution in [1.29, 1.82) is 0 Å². The van der Waals surface area contributed by atoms with Crippen LogP contribution in [0.2, 0.25) is 5.02 Å². The molecular weight excluding hydrogens is 497 g/mol. The van der Waals surface area contributed by atoms with E-state index in [-0.39, 0.29) is 35.8 Å². The van der Waals surface area contributed by atoms with E-state index >= 15 is 0 Å². The average Bonchev–Trinajstić information content (AvgIpc) is 3.26. The van der Waals surface area contributed by atoms with E-state index in [0.717, 1.165) is 28.5 Å². The number of phenolic OH excluding ortho intramolecular Hbond substituents is 1. The van der Waals surface area contributed by atoms with Crippen molar-refractivity contribution >= 4 is 29.1 Å². The zero-order valence-electron chi connectivity index (χ0n) is 20.4. The molecule has 2 aromatic heterocycles. The molecule has 0 bridgehead atoms. The van der Waals surface area contributed by atoms with Crippen LogP contribution in [0.1, 0.15) is 29.7 Å². The van der Waals surface area contributed by atoms with Crippen LogP contribution < -0.4 is 10.6 Å². The summed E-state index contributed by atoms with van der Waals surface area (Å²) in [5.41, 5.74) is 4.18. The Kier molecular flexibility index (Phi) is 8.05. The van der Waals surface area contributed by atoms with Crippen LogP contribution >= 0.6 is 11.6 Å². The van der Waals surface area contributed by atoms with E-state index in [0.29, 0.717) is 23.8 Å². The summed E-state index contributed by atoms with van der Waals surface area (Å²) in [4.78, 5) is 20.4. The van der Waals surface area contributed by atoms with Crippen molar-refractivity contribution in [2.45, 2.75) is 26.3 Å². The van der Waals surface area contributed by atoms with Gasteiger partial charge in [0.25, 0.3) is 0 Å². The molecule has 37 heavy (non-hydrogen) atoms. The predicted octanol–water partition coefficient (Wildman–Crippen LogP) is 4.76. The summed E-state index contributed by atoms with van der Waals surface area (Å²) in [5.74, 6) is -1.08. The highest BCUT2D eigenvalue weighted by Gasteiger charge is 2.21. The second-order valence-corrected chi connectivity index (χ2v) is 9.07. The largest absolute Gasteiger partial charge is 0.506 e. The molecule has 0 spiro atoms. The number of aromatic nitrogens is 3. The Morgan fingerprint density at radius 3 is 2.73 bits per heavy atom. The van der Waals surface area contributed by atoms with Gasteiger partial charge in [0.05, 0.1) is 18.0 Å². The van der Waals surface area contributed by atoms with Gasteiger partial charge in [-0.25, -0.2) is 14.4 Å². The predicted molar refractivity (Wildman–Crippen MR) is 141 cm³/mol. The quantitative estimate of drug-likeness (QED) is 0.235. The molecule has 0 aliphatic carbocycles. The Balaban J connectivity index is 1.73. The Labute approximate surface area is 218 Å². The number of aryl methyl sites for hydroxylation is 1. The number of carbonyl (C=O) groups is 1. The highest BCUT2D eigenvalue weighted by Crippen LogP contribution is 2.33. The van der Waals surface area contributed by atoms with E-state index in [4.69, 9.17) is 11.6 Å². The SMILES string of the molecule is CC(=O)NCCn1cc(-c2nc(Nc3ccc(F)cc3O)ncc2C)cc1C(CO)c1cccc(Cl)c1. The van der Waals surface area contributed by atoms with Crippen molar-refractivity contribution in [1.82, 2.24) is 19.9 Å². The van der Waals surface area contributed by atoms with Crippen molar-refractivity contribution < 1.29 is 19.4 Å². The van der Waals surface area contributed by atoms with E-state index in [1.807, 2.05) is 42.0 Å². The lowest BCUT2D eigenvalue weighted by molar-refractivity contribution is -0.118. The molecule has 0 fully saturated rings. The highest BCUT2D eigenvalue weighted by atomic mass is 35.5. The second-order valence-electron chi connectivity index (χ2n) is 8.63. The minimum Gasteiger partial charge on any atom is -0.506 e. The number of rotatable bonds is 9. The van der Waals surface area contributed by atoms with Crippen LogP contribution in [0.15, 0.2) is 60.9 Å². The summed E-state index contributed by atoms with van der Waals surface area (Å²) in [7, 11) is 0. The molecule has 0 aliphatic heterocycles. The number of halogens is 2. The van der Waals surface area contributed by atoms with Gasteiger partial charge in [-0.3, -0.25) is 4.79 Å². The maximum atomic E-state index is 13.4. The number of amides is 1. The Morgan fingerprint density at radius 1 is 1.22 bits per heavy atom. The number of benzene rings is 2. The number of hydrogen-bond donors (Lipinski definition) is 4. The van der Waals surface area contributed by atoms with Gasteiger partial charge in [0.1, 0.15) is 11.6 Å². The van der Waals surface area contributed by atoms with E-state index < -0.39 is 5.82 Å². The van der Waals surface area contributed by atoms with Gasteiger partial charge in [0.2, 0.25) is 11.9 Å². The molecule has 1 unspecified atom stereocenters. The maximum Gasteiger partial charge on any atom is 0.227 e. The van der Waals surface area contributed by atoms with Crippen LogP contribution in [0, 0.1) is 12.7 Å². The van der Waals surface area contributed by atoms with Crippen molar-refractivity contribution in [2.24, 2.45) is 0 Å². The normalized spacial score (nSPS) is 11.8. The van der Waals surface area contributed by atoms with Gasteiger partial charge in [-0.05, 0) is 48.4 Å². The van der Waals surface area contributed by atoms with Crippen LogP contribution in [0.5, 0.6) is 5.75 Å². The van der Waals surface area contributed by atoms with Gasteiger partial charge in [-0.15, -0.1) is 0 Å². The molecule has 4 N–H and O–H groups in total. The van der Waals surface area contributed by atoms with Crippen LogP contribution in [0.4, 0.5) is 16.0 Å². The minimum atomic E-state index is -0.556. The third-order valence-corrected chi connectivity index (χ3v) is 6.13. The molecular formula is C27H27ClFN5O3. The van der Waals surface area contributed by atoms with Gasteiger partial charge in [0, 0.05) is 60.7 Å². The number of carbonyl (C=O) groups excluding carboxylic acids is 1. The monoisotopic (exact) mass is 523 g/mol.